The Labute approximate surface area is 170 Å². The molecule has 0 bridgehead atoms. The lowest BCUT2D eigenvalue weighted by molar-refractivity contribution is -0.137. The third-order valence-corrected chi connectivity index (χ3v) is 3.99. The van der Waals surface area contributed by atoms with Gasteiger partial charge in [0.25, 0.3) is 5.91 Å². The number of hydrogen-bond acceptors (Lipinski definition) is 3. The molecule has 0 atom stereocenters. The van der Waals surface area contributed by atoms with Gasteiger partial charge in [0.2, 0.25) is 5.91 Å². The SMILES string of the molecule is CC(=O)Nc1ccc(NC(=O)c2ccc(Oc3ccccc3)cc2)c(C(F)(F)F)c1. The highest BCUT2D eigenvalue weighted by atomic mass is 19.4. The zero-order valence-electron chi connectivity index (χ0n) is 15.8. The van der Waals surface area contributed by atoms with Crippen molar-refractivity contribution in [2.24, 2.45) is 0 Å². The summed E-state index contributed by atoms with van der Waals surface area (Å²) < 4.78 is 45.8. The molecule has 0 heterocycles. The van der Waals surface area contributed by atoms with Crippen LogP contribution in [0.2, 0.25) is 0 Å². The second kappa shape index (κ2) is 8.69. The molecule has 3 rings (SSSR count). The summed E-state index contributed by atoms with van der Waals surface area (Å²) in [6.45, 7) is 1.19. The number of benzene rings is 3. The van der Waals surface area contributed by atoms with Crippen LogP contribution in [0.3, 0.4) is 0 Å². The first-order chi connectivity index (χ1) is 14.2. The quantitative estimate of drug-likeness (QED) is 0.562. The molecule has 0 aromatic heterocycles. The molecule has 0 spiro atoms. The first kappa shape index (κ1) is 20.9. The van der Waals surface area contributed by atoms with Crippen molar-refractivity contribution in [2.75, 3.05) is 10.6 Å². The fourth-order valence-electron chi connectivity index (χ4n) is 2.66. The molecule has 0 saturated heterocycles. The minimum absolute atomic E-state index is 0.0183. The summed E-state index contributed by atoms with van der Waals surface area (Å²) in [7, 11) is 0. The molecule has 0 saturated carbocycles. The Bertz CT molecular complexity index is 1050. The maximum Gasteiger partial charge on any atom is 0.418 e. The van der Waals surface area contributed by atoms with Crippen LogP contribution in [-0.4, -0.2) is 11.8 Å². The van der Waals surface area contributed by atoms with E-state index in [4.69, 9.17) is 4.74 Å². The van der Waals surface area contributed by atoms with Gasteiger partial charge in [-0.05, 0) is 54.6 Å². The van der Waals surface area contributed by atoms with Crippen molar-refractivity contribution in [1.29, 1.82) is 0 Å². The molecule has 154 valence electrons. The lowest BCUT2D eigenvalue weighted by atomic mass is 10.1. The van der Waals surface area contributed by atoms with Gasteiger partial charge in [0, 0.05) is 18.2 Å². The third kappa shape index (κ3) is 5.38. The van der Waals surface area contributed by atoms with Gasteiger partial charge in [0.15, 0.2) is 0 Å². The predicted molar refractivity (Wildman–Crippen MR) is 107 cm³/mol. The summed E-state index contributed by atoms with van der Waals surface area (Å²) in [6, 6.07) is 18.2. The van der Waals surface area contributed by atoms with Crippen LogP contribution in [0.25, 0.3) is 0 Å². The molecule has 0 unspecified atom stereocenters. The molecule has 0 radical (unpaired) electrons. The summed E-state index contributed by atoms with van der Waals surface area (Å²) in [5, 5.41) is 4.56. The maximum absolute atomic E-state index is 13.4. The summed E-state index contributed by atoms with van der Waals surface area (Å²) in [5.41, 5.74) is -1.33. The summed E-state index contributed by atoms with van der Waals surface area (Å²) in [4.78, 5) is 23.5. The molecular formula is C22H17F3N2O3. The third-order valence-electron chi connectivity index (χ3n) is 3.99. The second-order valence-electron chi connectivity index (χ2n) is 6.33. The van der Waals surface area contributed by atoms with Gasteiger partial charge < -0.3 is 15.4 Å². The number of alkyl halides is 3. The first-order valence-corrected chi connectivity index (χ1v) is 8.85. The number of nitrogens with one attached hydrogen (secondary N) is 2. The number of ether oxygens (including phenoxy) is 1. The van der Waals surface area contributed by atoms with Crippen LogP contribution in [-0.2, 0) is 11.0 Å². The van der Waals surface area contributed by atoms with Gasteiger partial charge in [-0.25, -0.2) is 0 Å². The van der Waals surface area contributed by atoms with Crippen molar-refractivity contribution in [3.8, 4) is 11.5 Å². The molecule has 2 amide bonds. The molecule has 0 aliphatic rings. The number of rotatable bonds is 5. The normalized spacial score (nSPS) is 10.9. The molecule has 3 aromatic carbocycles. The molecule has 5 nitrogen and oxygen atoms in total. The van der Waals surface area contributed by atoms with Gasteiger partial charge in [-0.15, -0.1) is 0 Å². The number of para-hydroxylation sites is 1. The summed E-state index contributed by atoms with van der Waals surface area (Å²) in [6.07, 6.45) is -4.72. The van der Waals surface area contributed by atoms with Crippen molar-refractivity contribution in [3.63, 3.8) is 0 Å². The zero-order chi connectivity index (χ0) is 21.7. The molecule has 0 aliphatic heterocycles. The standard InChI is InChI=1S/C22H17F3N2O3/c1-14(28)26-16-9-12-20(19(13-16)22(23,24)25)27-21(29)15-7-10-18(11-8-15)30-17-5-3-2-4-6-17/h2-13H,1H3,(H,26,28)(H,27,29). The predicted octanol–water partition coefficient (Wildman–Crippen LogP) is 5.71. The minimum atomic E-state index is -4.72. The van der Waals surface area contributed by atoms with E-state index in [-0.39, 0.29) is 11.3 Å². The van der Waals surface area contributed by atoms with Crippen LogP contribution >= 0.6 is 0 Å². The van der Waals surface area contributed by atoms with E-state index in [1.165, 1.54) is 25.1 Å². The molecule has 30 heavy (non-hydrogen) atoms. The Morgan fingerprint density at radius 1 is 0.833 bits per heavy atom. The fraction of sp³-hybridized carbons (Fsp3) is 0.0909. The van der Waals surface area contributed by atoms with Crippen LogP contribution in [0.1, 0.15) is 22.8 Å². The van der Waals surface area contributed by atoms with E-state index in [0.29, 0.717) is 11.5 Å². The summed E-state index contributed by atoms with van der Waals surface area (Å²) in [5.74, 6) is -0.117. The fourth-order valence-corrected chi connectivity index (χ4v) is 2.66. The van der Waals surface area contributed by atoms with E-state index in [9.17, 15) is 22.8 Å². The molecule has 3 aromatic rings. The van der Waals surface area contributed by atoms with E-state index >= 15 is 0 Å². The Balaban J connectivity index is 1.77. The van der Waals surface area contributed by atoms with Gasteiger partial charge in [0.05, 0.1) is 11.3 Å². The number of amides is 2. The Morgan fingerprint density at radius 2 is 1.47 bits per heavy atom. The molecule has 2 N–H and O–H groups in total. The lowest BCUT2D eigenvalue weighted by Crippen LogP contribution is -2.17. The van der Waals surface area contributed by atoms with Gasteiger partial charge in [-0.2, -0.15) is 13.2 Å². The van der Waals surface area contributed by atoms with E-state index < -0.39 is 29.2 Å². The summed E-state index contributed by atoms with van der Waals surface area (Å²) >= 11 is 0. The first-order valence-electron chi connectivity index (χ1n) is 8.85. The monoisotopic (exact) mass is 414 g/mol. The second-order valence-corrected chi connectivity index (χ2v) is 6.33. The number of carbonyl (C=O) groups excluding carboxylic acids is 2. The minimum Gasteiger partial charge on any atom is -0.457 e. The number of hydrogen-bond donors (Lipinski definition) is 2. The Kier molecular flexibility index (Phi) is 6.06. The average molecular weight is 414 g/mol. The van der Waals surface area contributed by atoms with Crippen molar-refractivity contribution in [3.05, 3.63) is 83.9 Å². The number of anilines is 2. The van der Waals surface area contributed by atoms with Crippen molar-refractivity contribution >= 4 is 23.2 Å². The van der Waals surface area contributed by atoms with Crippen LogP contribution in [0.15, 0.2) is 72.8 Å². The number of carbonyl (C=O) groups is 2. The average Bonchev–Trinajstić information content (AvgIpc) is 2.69. The highest BCUT2D eigenvalue weighted by Crippen LogP contribution is 2.37. The van der Waals surface area contributed by atoms with E-state index in [1.807, 2.05) is 18.2 Å². The topological polar surface area (TPSA) is 67.4 Å². The zero-order valence-corrected chi connectivity index (χ0v) is 15.8. The Morgan fingerprint density at radius 3 is 2.07 bits per heavy atom. The van der Waals surface area contributed by atoms with Crippen molar-refractivity contribution in [2.45, 2.75) is 13.1 Å². The van der Waals surface area contributed by atoms with E-state index in [0.717, 1.165) is 12.1 Å². The van der Waals surface area contributed by atoms with Gasteiger partial charge >= 0.3 is 6.18 Å². The van der Waals surface area contributed by atoms with Gasteiger partial charge in [-0.1, -0.05) is 18.2 Å². The van der Waals surface area contributed by atoms with Crippen LogP contribution < -0.4 is 15.4 Å². The molecular weight excluding hydrogens is 397 g/mol. The smallest absolute Gasteiger partial charge is 0.418 e. The molecule has 0 aliphatic carbocycles. The van der Waals surface area contributed by atoms with E-state index in [2.05, 4.69) is 10.6 Å². The number of halogens is 3. The van der Waals surface area contributed by atoms with Crippen molar-refractivity contribution in [1.82, 2.24) is 0 Å². The van der Waals surface area contributed by atoms with Gasteiger partial charge in [0.1, 0.15) is 11.5 Å². The molecule has 8 heteroatoms. The highest BCUT2D eigenvalue weighted by molar-refractivity contribution is 6.05. The van der Waals surface area contributed by atoms with Crippen LogP contribution in [0.4, 0.5) is 24.5 Å². The maximum atomic E-state index is 13.4. The lowest BCUT2D eigenvalue weighted by Gasteiger charge is -2.15. The largest absolute Gasteiger partial charge is 0.457 e. The molecule has 0 fully saturated rings. The van der Waals surface area contributed by atoms with Gasteiger partial charge in [-0.3, -0.25) is 9.59 Å². The van der Waals surface area contributed by atoms with E-state index in [1.54, 1.807) is 24.3 Å². The van der Waals surface area contributed by atoms with Crippen molar-refractivity contribution < 1.29 is 27.5 Å². The highest BCUT2D eigenvalue weighted by Gasteiger charge is 2.34. The Hall–Kier alpha value is -3.81. The van der Waals surface area contributed by atoms with Crippen LogP contribution in [0.5, 0.6) is 11.5 Å². The van der Waals surface area contributed by atoms with Crippen LogP contribution in [0, 0.1) is 0 Å².